The second-order valence-electron chi connectivity index (χ2n) is 5.52. The molecule has 2 aliphatic heterocycles. The highest BCUT2D eigenvalue weighted by Gasteiger charge is 2.31. The third kappa shape index (κ3) is 3.83. The zero-order valence-corrected chi connectivity index (χ0v) is 13.0. The SMILES string of the molecule is C[C@@H]1CN(C(=O)CC2OCCCO2)C[C@H](c2ccsc2)O1. The summed E-state index contributed by atoms with van der Waals surface area (Å²) in [6.45, 7) is 4.59. The molecule has 0 aliphatic carbocycles. The van der Waals surface area contributed by atoms with Gasteiger partial charge in [0.2, 0.25) is 5.91 Å². The normalized spacial score (nSPS) is 27.8. The topological polar surface area (TPSA) is 48.0 Å². The molecular weight excluding hydrogens is 290 g/mol. The number of hydrogen-bond acceptors (Lipinski definition) is 5. The van der Waals surface area contributed by atoms with Gasteiger partial charge >= 0.3 is 0 Å². The van der Waals surface area contributed by atoms with Crippen molar-refractivity contribution in [1.29, 1.82) is 0 Å². The first-order valence-electron chi connectivity index (χ1n) is 7.41. The molecule has 0 aromatic carbocycles. The number of rotatable bonds is 3. The van der Waals surface area contributed by atoms with Gasteiger partial charge in [-0.2, -0.15) is 11.3 Å². The van der Waals surface area contributed by atoms with Crippen molar-refractivity contribution in [2.45, 2.75) is 38.3 Å². The fraction of sp³-hybridized carbons (Fsp3) is 0.667. The van der Waals surface area contributed by atoms with Gasteiger partial charge in [-0.25, -0.2) is 0 Å². The van der Waals surface area contributed by atoms with E-state index in [1.807, 2.05) is 17.2 Å². The zero-order chi connectivity index (χ0) is 14.7. The van der Waals surface area contributed by atoms with Gasteiger partial charge in [0, 0.05) is 6.54 Å². The maximum Gasteiger partial charge on any atom is 0.227 e. The highest BCUT2D eigenvalue weighted by molar-refractivity contribution is 7.07. The molecule has 0 N–H and O–H groups in total. The monoisotopic (exact) mass is 311 g/mol. The van der Waals surface area contributed by atoms with Crippen molar-refractivity contribution < 1.29 is 19.0 Å². The summed E-state index contributed by atoms with van der Waals surface area (Å²) >= 11 is 1.65. The number of ether oxygens (including phenoxy) is 3. The second kappa shape index (κ2) is 6.87. The van der Waals surface area contributed by atoms with E-state index in [1.54, 1.807) is 11.3 Å². The number of nitrogens with zero attached hydrogens (tertiary/aromatic N) is 1. The Labute approximate surface area is 128 Å². The van der Waals surface area contributed by atoms with Crippen molar-refractivity contribution in [2.24, 2.45) is 0 Å². The van der Waals surface area contributed by atoms with Crippen molar-refractivity contribution in [3.63, 3.8) is 0 Å². The van der Waals surface area contributed by atoms with Crippen LogP contribution in [0.5, 0.6) is 0 Å². The molecule has 2 saturated heterocycles. The Morgan fingerprint density at radius 2 is 2.19 bits per heavy atom. The van der Waals surface area contributed by atoms with Gasteiger partial charge in [0.15, 0.2) is 6.29 Å². The maximum atomic E-state index is 12.4. The van der Waals surface area contributed by atoms with E-state index in [-0.39, 0.29) is 24.4 Å². The van der Waals surface area contributed by atoms with Gasteiger partial charge < -0.3 is 19.1 Å². The van der Waals surface area contributed by atoms with Crippen LogP contribution >= 0.6 is 11.3 Å². The van der Waals surface area contributed by atoms with E-state index in [2.05, 4.69) is 11.4 Å². The van der Waals surface area contributed by atoms with Crippen molar-refractivity contribution in [2.75, 3.05) is 26.3 Å². The lowest BCUT2D eigenvalue weighted by Crippen LogP contribution is -2.47. The van der Waals surface area contributed by atoms with Crippen LogP contribution in [0.25, 0.3) is 0 Å². The molecule has 6 heteroatoms. The highest BCUT2D eigenvalue weighted by atomic mass is 32.1. The Hall–Kier alpha value is -0.950. The molecule has 1 aromatic rings. The average molecular weight is 311 g/mol. The minimum Gasteiger partial charge on any atom is -0.367 e. The van der Waals surface area contributed by atoms with E-state index in [1.165, 1.54) is 0 Å². The molecule has 0 unspecified atom stereocenters. The van der Waals surface area contributed by atoms with E-state index in [4.69, 9.17) is 14.2 Å². The molecule has 0 bridgehead atoms. The molecule has 3 rings (SSSR count). The second-order valence-corrected chi connectivity index (χ2v) is 6.30. The molecule has 1 amide bonds. The maximum absolute atomic E-state index is 12.4. The van der Waals surface area contributed by atoms with E-state index in [9.17, 15) is 4.79 Å². The number of morpholine rings is 1. The van der Waals surface area contributed by atoms with Gasteiger partial charge in [0.1, 0.15) is 6.10 Å². The average Bonchev–Trinajstić information content (AvgIpc) is 3.02. The molecule has 1 aromatic heterocycles. The van der Waals surface area contributed by atoms with Crippen LogP contribution in [0.2, 0.25) is 0 Å². The van der Waals surface area contributed by atoms with Crippen LogP contribution in [0, 0.1) is 0 Å². The number of thiophene rings is 1. The van der Waals surface area contributed by atoms with Crippen molar-refractivity contribution in [1.82, 2.24) is 4.90 Å². The van der Waals surface area contributed by atoms with Crippen LogP contribution in [0.4, 0.5) is 0 Å². The Balaban J connectivity index is 1.59. The molecule has 2 fully saturated rings. The molecule has 3 heterocycles. The quantitative estimate of drug-likeness (QED) is 0.858. The summed E-state index contributed by atoms with van der Waals surface area (Å²) in [6.07, 6.45) is 0.824. The first-order chi connectivity index (χ1) is 10.2. The van der Waals surface area contributed by atoms with E-state index in [0.717, 1.165) is 12.0 Å². The molecule has 21 heavy (non-hydrogen) atoms. The zero-order valence-electron chi connectivity index (χ0n) is 12.2. The number of amides is 1. The molecule has 5 nitrogen and oxygen atoms in total. The number of carbonyl (C=O) groups is 1. The van der Waals surface area contributed by atoms with Gasteiger partial charge in [-0.3, -0.25) is 4.79 Å². The minimum atomic E-state index is -0.385. The summed E-state index contributed by atoms with van der Waals surface area (Å²) in [5.74, 6) is 0.0808. The van der Waals surface area contributed by atoms with E-state index in [0.29, 0.717) is 32.7 Å². The number of hydrogen-bond donors (Lipinski definition) is 0. The van der Waals surface area contributed by atoms with Crippen LogP contribution in [0.15, 0.2) is 16.8 Å². The molecule has 2 aliphatic rings. The molecule has 116 valence electrons. The van der Waals surface area contributed by atoms with E-state index < -0.39 is 0 Å². The Morgan fingerprint density at radius 3 is 2.90 bits per heavy atom. The first-order valence-corrected chi connectivity index (χ1v) is 8.35. The number of carbonyl (C=O) groups excluding carboxylic acids is 1. The fourth-order valence-electron chi connectivity index (χ4n) is 2.72. The molecular formula is C15H21NO4S. The molecule has 0 radical (unpaired) electrons. The standard InChI is InChI=1S/C15H21NO4S/c1-11-8-16(9-13(20-11)12-3-6-21-10-12)14(17)7-15-18-4-2-5-19-15/h3,6,10-11,13,15H,2,4-5,7-9H2,1H3/t11-,13-/m1/s1. The third-order valence-corrected chi connectivity index (χ3v) is 4.47. The van der Waals surface area contributed by atoms with Crippen molar-refractivity contribution >= 4 is 17.2 Å². The minimum absolute atomic E-state index is 0.0304. The first kappa shape index (κ1) is 15.0. The summed E-state index contributed by atoms with van der Waals surface area (Å²) in [4.78, 5) is 14.3. The summed E-state index contributed by atoms with van der Waals surface area (Å²) in [6, 6.07) is 2.06. The fourth-order valence-corrected chi connectivity index (χ4v) is 3.43. The largest absolute Gasteiger partial charge is 0.367 e. The lowest BCUT2D eigenvalue weighted by molar-refractivity contribution is -0.190. The molecule has 2 atom stereocenters. The molecule has 0 spiro atoms. The van der Waals surface area contributed by atoms with Crippen molar-refractivity contribution in [3.8, 4) is 0 Å². The molecule has 0 saturated carbocycles. The third-order valence-electron chi connectivity index (χ3n) is 3.77. The van der Waals surface area contributed by atoms with Gasteiger partial charge in [-0.15, -0.1) is 0 Å². The van der Waals surface area contributed by atoms with Crippen LogP contribution < -0.4 is 0 Å². The van der Waals surface area contributed by atoms with Crippen molar-refractivity contribution in [3.05, 3.63) is 22.4 Å². The van der Waals surface area contributed by atoms with Crippen LogP contribution in [0.3, 0.4) is 0 Å². The predicted molar refractivity (Wildman–Crippen MR) is 79.1 cm³/mol. The lowest BCUT2D eigenvalue weighted by Gasteiger charge is -2.37. The van der Waals surface area contributed by atoms with Gasteiger partial charge in [-0.1, -0.05) is 0 Å². The van der Waals surface area contributed by atoms with Gasteiger partial charge in [0.25, 0.3) is 0 Å². The highest BCUT2D eigenvalue weighted by Crippen LogP contribution is 2.27. The summed E-state index contributed by atoms with van der Waals surface area (Å²) in [5.41, 5.74) is 1.15. The van der Waals surface area contributed by atoms with Crippen LogP contribution in [-0.2, 0) is 19.0 Å². The Morgan fingerprint density at radius 1 is 1.38 bits per heavy atom. The van der Waals surface area contributed by atoms with Crippen LogP contribution in [0.1, 0.15) is 31.4 Å². The Kier molecular flexibility index (Phi) is 4.90. The van der Waals surface area contributed by atoms with Crippen LogP contribution in [-0.4, -0.2) is 49.5 Å². The summed E-state index contributed by atoms with van der Waals surface area (Å²) in [7, 11) is 0. The summed E-state index contributed by atoms with van der Waals surface area (Å²) < 4.78 is 16.9. The lowest BCUT2D eigenvalue weighted by atomic mass is 10.1. The predicted octanol–water partition coefficient (Wildman–Crippen LogP) is 2.19. The Bertz CT molecular complexity index is 458. The van der Waals surface area contributed by atoms with Gasteiger partial charge in [0.05, 0.1) is 32.3 Å². The van der Waals surface area contributed by atoms with Gasteiger partial charge in [-0.05, 0) is 35.7 Å². The smallest absolute Gasteiger partial charge is 0.227 e. The summed E-state index contributed by atoms with van der Waals surface area (Å²) in [5, 5.41) is 4.12. The van der Waals surface area contributed by atoms with E-state index >= 15 is 0 Å².